The van der Waals surface area contributed by atoms with Gasteiger partial charge >= 0.3 is 6.01 Å². The number of fused-ring (bicyclic) bond motifs is 4. The van der Waals surface area contributed by atoms with Crippen LogP contribution < -0.4 is 25.6 Å². The average molecular weight is 530 g/mol. The number of nitrogens with one attached hydrogen (secondary N) is 2. The number of aromatic nitrogens is 5. The van der Waals surface area contributed by atoms with E-state index in [0.29, 0.717) is 58.6 Å². The molecule has 194 valence electrons. The Morgan fingerprint density at radius 2 is 1.79 bits per heavy atom. The molecule has 3 aromatic heterocycles. The predicted octanol–water partition coefficient (Wildman–Crippen LogP) is 1.51. The van der Waals surface area contributed by atoms with Crippen LogP contribution in [0.1, 0.15) is 52.2 Å². The Hall–Kier alpha value is -3.94. The highest BCUT2D eigenvalue weighted by molar-refractivity contribution is 7.16. The zero-order chi connectivity index (χ0) is 26.0. The Kier molecular flexibility index (Phi) is 5.22. The van der Waals surface area contributed by atoms with Gasteiger partial charge in [0.15, 0.2) is 11.6 Å². The zero-order valence-corrected chi connectivity index (χ0v) is 21.8. The van der Waals surface area contributed by atoms with E-state index in [-0.39, 0.29) is 18.0 Å². The molecule has 3 fully saturated rings. The molecule has 6 heterocycles. The number of nitrogens with zero attached hydrogens (tertiary/aromatic N) is 8. The SMILES string of the molecule is Cc1n[nH]nc1COc1nc(N2CC3CCC(C2)N3)c(C#N)c(N2CC3(CCc4sc(N)c(C#N)c43)C2)n1. The fourth-order valence-corrected chi connectivity index (χ4v) is 7.70. The van der Waals surface area contributed by atoms with Gasteiger partial charge in [0.1, 0.15) is 35.0 Å². The molecule has 2 unspecified atom stereocenters. The molecule has 2 atom stereocenters. The van der Waals surface area contributed by atoms with Crippen molar-refractivity contribution < 1.29 is 4.74 Å². The van der Waals surface area contributed by atoms with Crippen LogP contribution in [0.4, 0.5) is 16.6 Å². The van der Waals surface area contributed by atoms with E-state index in [1.54, 1.807) is 0 Å². The molecule has 0 radical (unpaired) electrons. The molecule has 0 aromatic carbocycles. The fourth-order valence-electron chi connectivity index (χ4n) is 6.56. The summed E-state index contributed by atoms with van der Waals surface area (Å²) in [6.07, 6.45) is 4.14. The van der Waals surface area contributed by atoms with Gasteiger partial charge in [0.25, 0.3) is 0 Å². The van der Waals surface area contributed by atoms with Crippen molar-refractivity contribution >= 4 is 28.0 Å². The molecule has 3 aromatic rings. The number of hydrogen-bond acceptors (Lipinski definition) is 12. The summed E-state index contributed by atoms with van der Waals surface area (Å²) in [7, 11) is 0. The summed E-state index contributed by atoms with van der Waals surface area (Å²) in [6.45, 7) is 4.95. The third kappa shape index (κ3) is 3.50. The second kappa shape index (κ2) is 8.55. The van der Waals surface area contributed by atoms with E-state index >= 15 is 0 Å². The van der Waals surface area contributed by atoms with Crippen LogP contribution in [-0.2, 0) is 18.4 Å². The number of rotatable bonds is 5. The summed E-state index contributed by atoms with van der Waals surface area (Å²) in [5, 5.41) is 35.2. The average Bonchev–Trinajstić information content (AvgIpc) is 3.64. The van der Waals surface area contributed by atoms with Gasteiger partial charge in [-0.2, -0.15) is 35.9 Å². The van der Waals surface area contributed by atoms with Crippen molar-refractivity contribution in [3.8, 4) is 18.1 Å². The number of hydrogen-bond donors (Lipinski definition) is 3. The maximum Gasteiger partial charge on any atom is 0.320 e. The van der Waals surface area contributed by atoms with Crippen molar-refractivity contribution in [1.29, 1.82) is 10.5 Å². The minimum absolute atomic E-state index is 0.140. The number of nitriles is 2. The van der Waals surface area contributed by atoms with Crippen molar-refractivity contribution in [3.05, 3.63) is 33.0 Å². The molecule has 13 heteroatoms. The van der Waals surface area contributed by atoms with Crippen LogP contribution in [0.15, 0.2) is 0 Å². The highest BCUT2D eigenvalue weighted by atomic mass is 32.1. The number of aryl methyl sites for hydroxylation is 2. The maximum atomic E-state index is 10.3. The summed E-state index contributed by atoms with van der Waals surface area (Å²) in [5.74, 6) is 1.20. The molecule has 3 aliphatic heterocycles. The number of piperazine rings is 1. The number of nitrogens with two attached hydrogens (primary N) is 1. The monoisotopic (exact) mass is 529 g/mol. The number of nitrogen functional groups attached to an aromatic ring is 1. The first kappa shape index (κ1) is 23.2. The van der Waals surface area contributed by atoms with Gasteiger partial charge in [0.2, 0.25) is 0 Å². The minimum atomic E-state index is -0.140. The number of ether oxygens (including phenoxy) is 1. The smallest absolute Gasteiger partial charge is 0.320 e. The lowest BCUT2D eigenvalue weighted by atomic mass is 9.74. The zero-order valence-electron chi connectivity index (χ0n) is 21.0. The van der Waals surface area contributed by atoms with Gasteiger partial charge in [-0.05, 0) is 38.2 Å². The van der Waals surface area contributed by atoms with E-state index in [1.165, 1.54) is 16.2 Å². The van der Waals surface area contributed by atoms with E-state index in [1.807, 2.05) is 6.92 Å². The first-order valence-electron chi connectivity index (χ1n) is 12.9. The second-order valence-electron chi connectivity index (χ2n) is 10.7. The minimum Gasteiger partial charge on any atom is -0.457 e. The van der Waals surface area contributed by atoms with Gasteiger partial charge in [-0.1, -0.05) is 0 Å². The molecule has 7 rings (SSSR count). The Morgan fingerprint density at radius 1 is 1.08 bits per heavy atom. The molecule has 0 saturated carbocycles. The second-order valence-corrected chi connectivity index (χ2v) is 11.9. The van der Waals surface area contributed by atoms with Crippen LogP contribution in [0.2, 0.25) is 0 Å². The molecule has 1 aliphatic carbocycles. The number of aromatic amines is 1. The van der Waals surface area contributed by atoms with Crippen LogP contribution in [0.5, 0.6) is 6.01 Å². The van der Waals surface area contributed by atoms with Crippen LogP contribution in [0.25, 0.3) is 0 Å². The Labute approximate surface area is 223 Å². The molecular formula is C25H27N11OS. The highest BCUT2D eigenvalue weighted by Crippen LogP contribution is 2.53. The first-order chi connectivity index (χ1) is 18.5. The Morgan fingerprint density at radius 3 is 2.45 bits per heavy atom. The fraction of sp³-hybridized carbons (Fsp3) is 0.520. The van der Waals surface area contributed by atoms with E-state index in [2.05, 4.69) is 42.7 Å². The molecule has 4 aliphatic rings. The van der Waals surface area contributed by atoms with Gasteiger partial charge in [-0.25, -0.2) is 0 Å². The quantitative estimate of drug-likeness (QED) is 0.438. The lowest BCUT2D eigenvalue weighted by Gasteiger charge is -2.49. The Balaban J connectivity index is 1.24. The van der Waals surface area contributed by atoms with Gasteiger partial charge < -0.3 is 25.6 Å². The number of H-pyrrole nitrogens is 1. The van der Waals surface area contributed by atoms with E-state index in [0.717, 1.165) is 50.0 Å². The third-order valence-corrected chi connectivity index (χ3v) is 9.48. The molecule has 3 saturated heterocycles. The maximum absolute atomic E-state index is 10.3. The summed E-state index contributed by atoms with van der Waals surface area (Å²) < 4.78 is 6.02. The number of anilines is 3. The van der Waals surface area contributed by atoms with Crippen molar-refractivity contribution in [3.63, 3.8) is 0 Å². The highest BCUT2D eigenvalue weighted by Gasteiger charge is 2.52. The summed E-state index contributed by atoms with van der Waals surface area (Å²) >= 11 is 1.53. The third-order valence-electron chi connectivity index (χ3n) is 8.40. The van der Waals surface area contributed by atoms with Crippen molar-refractivity contribution in [1.82, 2.24) is 30.7 Å². The van der Waals surface area contributed by atoms with Crippen molar-refractivity contribution in [2.45, 2.75) is 56.7 Å². The van der Waals surface area contributed by atoms with Gasteiger partial charge in [0.05, 0.1) is 11.3 Å². The first-order valence-corrected chi connectivity index (χ1v) is 13.7. The predicted molar refractivity (Wildman–Crippen MR) is 140 cm³/mol. The summed E-state index contributed by atoms with van der Waals surface area (Å²) in [4.78, 5) is 15.0. The molecule has 12 nitrogen and oxygen atoms in total. The molecule has 0 amide bonds. The van der Waals surface area contributed by atoms with Crippen LogP contribution in [-0.4, -0.2) is 63.6 Å². The van der Waals surface area contributed by atoms with Crippen molar-refractivity contribution in [2.24, 2.45) is 0 Å². The van der Waals surface area contributed by atoms with Gasteiger partial charge in [-0.3, -0.25) is 0 Å². The normalized spacial score (nSPS) is 22.7. The van der Waals surface area contributed by atoms with Gasteiger partial charge in [-0.15, -0.1) is 11.3 Å². The van der Waals surface area contributed by atoms with E-state index < -0.39 is 0 Å². The standard InChI is InChI=1S/C25H27N11OS/c1-13-18(33-34-32-13)10-37-24-30-22(35-8-14-2-3-15(9-35)29-14)17(7-27)23(31-24)36-11-25(12-36)5-4-19-20(25)16(6-26)21(28)38-19/h14-15,29H,2-5,8-12,28H2,1H3,(H,32,33,34). The summed E-state index contributed by atoms with van der Waals surface area (Å²) in [6, 6.07) is 5.73. The molecule has 2 bridgehead atoms. The molecular weight excluding hydrogens is 502 g/mol. The van der Waals surface area contributed by atoms with Gasteiger partial charge in [0, 0.05) is 48.6 Å². The molecule has 4 N–H and O–H groups in total. The van der Waals surface area contributed by atoms with Crippen molar-refractivity contribution in [2.75, 3.05) is 41.7 Å². The van der Waals surface area contributed by atoms with Crippen LogP contribution >= 0.6 is 11.3 Å². The molecule has 38 heavy (non-hydrogen) atoms. The van der Waals surface area contributed by atoms with E-state index in [4.69, 9.17) is 20.4 Å². The number of thiophene rings is 1. The van der Waals surface area contributed by atoms with Crippen LogP contribution in [0.3, 0.4) is 0 Å². The largest absolute Gasteiger partial charge is 0.457 e. The lowest BCUT2D eigenvalue weighted by molar-refractivity contribution is 0.273. The van der Waals surface area contributed by atoms with Crippen LogP contribution in [0, 0.1) is 29.6 Å². The molecule has 1 spiro atoms. The topological polar surface area (TPSA) is 169 Å². The lowest BCUT2D eigenvalue weighted by Crippen LogP contribution is -2.59. The summed E-state index contributed by atoms with van der Waals surface area (Å²) in [5.41, 5.74) is 9.65. The Bertz CT molecular complexity index is 1500. The van der Waals surface area contributed by atoms with E-state index in [9.17, 15) is 10.5 Å².